The Kier molecular flexibility index (Phi) is 6.03. The molecule has 0 aliphatic carbocycles. The smallest absolute Gasteiger partial charge is 0.195 e. The molecule has 3 nitrogen and oxygen atoms in total. The minimum absolute atomic E-state index is 0.0260. The lowest BCUT2D eigenvalue weighted by Crippen LogP contribution is -2.25. The molecule has 0 saturated carbocycles. The molecule has 0 aromatic heterocycles. The summed E-state index contributed by atoms with van der Waals surface area (Å²) in [5.74, 6) is 0.668. The van der Waals surface area contributed by atoms with E-state index in [4.69, 9.17) is 9.47 Å². The number of rotatable bonds is 7. The van der Waals surface area contributed by atoms with Crippen molar-refractivity contribution in [3.05, 3.63) is 28.8 Å². The first kappa shape index (κ1) is 15.7. The monoisotopic (exact) mass is 264 g/mol. The molecular formula is C16H24O3. The predicted molar refractivity (Wildman–Crippen MR) is 77.1 cm³/mol. The van der Waals surface area contributed by atoms with Crippen LogP contribution in [0.2, 0.25) is 0 Å². The molecule has 0 fully saturated rings. The highest BCUT2D eigenvalue weighted by Crippen LogP contribution is 2.27. The lowest BCUT2D eigenvalue weighted by molar-refractivity contribution is 0.0420. The molecule has 0 N–H and O–H groups in total. The molecule has 0 heterocycles. The Bertz CT molecular complexity index is 432. The van der Waals surface area contributed by atoms with Crippen molar-refractivity contribution >= 4 is 5.78 Å². The standard InChI is InChI=1S/C16H24O3/c1-6-8-13(19-7-2)16(17)15-12(4)9-11(3)10-14(15)18-5/h9-10,13H,6-8H2,1-5H3. The maximum Gasteiger partial charge on any atom is 0.195 e. The van der Waals surface area contributed by atoms with E-state index in [0.717, 1.165) is 24.0 Å². The van der Waals surface area contributed by atoms with Crippen LogP contribution < -0.4 is 4.74 Å². The number of methoxy groups -OCH3 is 1. The van der Waals surface area contributed by atoms with Crippen molar-refractivity contribution < 1.29 is 14.3 Å². The average molecular weight is 264 g/mol. The van der Waals surface area contributed by atoms with E-state index in [1.165, 1.54) is 0 Å². The third-order valence-corrected chi connectivity index (χ3v) is 3.12. The molecule has 0 spiro atoms. The molecule has 0 aliphatic rings. The number of benzene rings is 1. The van der Waals surface area contributed by atoms with E-state index in [2.05, 4.69) is 6.92 Å². The Morgan fingerprint density at radius 2 is 1.95 bits per heavy atom. The van der Waals surface area contributed by atoms with Crippen molar-refractivity contribution in [3.63, 3.8) is 0 Å². The number of Topliss-reactive ketones (excluding diaryl/α,β-unsaturated/α-hetero) is 1. The van der Waals surface area contributed by atoms with Crippen LogP contribution in [0.3, 0.4) is 0 Å². The highest BCUT2D eigenvalue weighted by molar-refractivity contribution is 6.03. The summed E-state index contributed by atoms with van der Waals surface area (Å²) in [6.07, 6.45) is 1.29. The van der Waals surface area contributed by atoms with Gasteiger partial charge in [-0.2, -0.15) is 0 Å². The fraction of sp³-hybridized carbons (Fsp3) is 0.562. The van der Waals surface area contributed by atoms with Crippen LogP contribution in [0.15, 0.2) is 12.1 Å². The van der Waals surface area contributed by atoms with Crippen LogP contribution in [-0.2, 0) is 4.74 Å². The van der Waals surface area contributed by atoms with Crippen LogP contribution in [0.25, 0.3) is 0 Å². The molecule has 106 valence electrons. The number of carbonyl (C=O) groups is 1. The minimum Gasteiger partial charge on any atom is -0.496 e. The minimum atomic E-state index is -0.370. The molecule has 3 heteroatoms. The maximum absolute atomic E-state index is 12.6. The molecule has 1 atom stereocenters. The molecule has 1 aromatic rings. The van der Waals surface area contributed by atoms with Crippen LogP contribution in [-0.4, -0.2) is 25.6 Å². The van der Waals surface area contributed by atoms with Gasteiger partial charge in [0.25, 0.3) is 0 Å². The molecule has 0 saturated heterocycles. The van der Waals surface area contributed by atoms with Gasteiger partial charge in [-0.05, 0) is 44.4 Å². The van der Waals surface area contributed by atoms with Gasteiger partial charge in [-0.1, -0.05) is 19.4 Å². The lowest BCUT2D eigenvalue weighted by atomic mass is 9.96. The highest BCUT2D eigenvalue weighted by Gasteiger charge is 2.24. The van der Waals surface area contributed by atoms with Crippen LogP contribution in [0.5, 0.6) is 5.75 Å². The molecule has 0 aliphatic heterocycles. The SMILES string of the molecule is CCCC(OCC)C(=O)c1c(C)cc(C)cc1OC. The number of carbonyl (C=O) groups excluding carboxylic acids is 1. The van der Waals surface area contributed by atoms with Crippen LogP contribution >= 0.6 is 0 Å². The molecule has 19 heavy (non-hydrogen) atoms. The number of hydrogen-bond donors (Lipinski definition) is 0. The highest BCUT2D eigenvalue weighted by atomic mass is 16.5. The van der Waals surface area contributed by atoms with Gasteiger partial charge in [0.2, 0.25) is 0 Å². The summed E-state index contributed by atoms with van der Waals surface area (Å²) in [5.41, 5.74) is 2.69. The van der Waals surface area contributed by atoms with E-state index < -0.39 is 0 Å². The first-order valence-corrected chi connectivity index (χ1v) is 6.86. The second-order valence-corrected chi connectivity index (χ2v) is 4.76. The molecule has 1 aromatic carbocycles. The summed E-state index contributed by atoms with van der Waals surface area (Å²) < 4.78 is 10.9. The van der Waals surface area contributed by atoms with Crippen molar-refractivity contribution in [1.82, 2.24) is 0 Å². The number of ketones is 1. The summed E-state index contributed by atoms with van der Waals surface area (Å²) >= 11 is 0. The quantitative estimate of drug-likeness (QED) is 0.704. The van der Waals surface area contributed by atoms with E-state index in [-0.39, 0.29) is 11.9 Å². The second-order valence-electron chi connectivity index (χ2n) is 4.76. The maximum atomic E-state index is 12.6. The molecule has 0 bridgehead atoms. The van der Waals surface area contributed by atoms with E-state index >= 15 is 0 Å². The zero-order valence-electron chi connectivity index (χ0n) is 12.6. The first-order valence-electron chi connectivity index (χ1n) is 6.86. The van der Waals surface area contributed by atoms with Crippen molar-refractivity contribution in [3.8, 4) is 5.75 Å². The average Bonchev–Trinajstić information content (AvgIpc) is 2.36. The van der Waals surface area contributed by atoms with Crippen molar-refractivity contribution in [2.24, 2.45) is 0 Å². The van der Waals surface area contributed by atoms with Gasteiger partial charge in [-0.15, -0.1) is 0 Å². The van der Waals surface area contributed by atoms with E-state index in [9.17, 15) is 4.79 Å². The zero-order chi connectivity index (χ0) is 14.4. The van der Waals surface area contributed by atoms with Gasteiger partial charge >= 0.3 is 0 Å². The molecular weight excluding hydrogens is 240 g/mol. The zero-order valence-corrected chi connectivity index (χ0v) is 12.6. The Labute approximate surface area is 115 Å². The van der Waals surface area contributed by atoms with Gasteiger partial charge in [0.15, 0.2) is 5.78 Å². The molecule has 1 rings (SSSR count). The Morgan fingerprint density at radius 1 is 1.26 bits per heavy atom. The predicted octanol–water partition coefficient (Wildman–Crippen LogP) is 3.70. The molecule has 0 amide bonds. The summed E-state index contributed by atoms with van der Waals surface area (Å²) in [4.78, 5) is 12.6. The van der Waals surface area contributed by atoms with E-state index in [1.54, 1.807) is 7.11 Å². The van der Waals surface area contributed by atoms with Crippen molar-refractivity contribution in [2.45, 2.75) is 46.6 Å². The van der Waals surface area contributed by atoms with E-state index in [1.807, 2.05) is 32.9 Å². The molecule has 0 radical (unpaired) electrons. The van der Waals surface area contributed by atoms with Gasteiger partial charge in [0, 0.05) is 6.61 Å². The summed E-state index contributed by atoms with van der Waals surface area (Å²) in [7, 11) is 1.60. The second kappa shape index (κ2) is 7.29. The van der Waals surface area contributed by atoms with Gasteiger partial charge in [0.05, 0.1) is 12.7 Å². The summed E-state index contributed by atoms with van der Waals surface area (Å²) in [6.45, 7) is 8.45. The van der Waals surface area contributed by atoms with Gasteiger partial charge in [0.1, 0.15) is 11.9 Å². The number of ether oxygens (including phenoxy) is 2. The third kappa shape index (κ3) is 3.80. The third-order valence-electron chi connectivity index (χ3n) is 3.12. The number of hydrogen-bond acceptors (Lipinski definition) is 3. The van der Waals surface area contributed by atoms with Crippen LogP contribution in [0.4, 0.5) is 0 Å². The van der Waals surface area contributed by atoms with Crippen molar-refractivity contribution in [2.75, 3.05) is 13.7 Å². The van der Waals surface area contributed by atoms with Crippen LogP contribution in [0, 0.1) is 13.8 Å². The van der Waals surface area contributed by atoms with Crippen molar-refractivity contribution in [1.29, 1.82) is 0 Å². The van der Waals surface area contributed by atoms with Gasteiger partial charge < -0.3 is 9.47 Å². The summed E-state index contributed by atoms with van der Waals surface area (Å²) in [6, 6.07) is 3.90. The normalized spacial score (nSPS) is 12.3. The Balaban J connectivity index is 3.16. The summed E-state index contributed by atoms with van der Waals surface area (Å²) in [5, 5.41) is 0. The van der Waals surface area contributed by atoms with Gasteiger partial charge in [-0.25, -0.2) is 0 Å². The lowest BCUT2D eigenvalue weighted by Gasteiger charge is -2.18. The Hall–Kier alpha value is -1.35. The molecule has 1 unspecified atom stereocenters. The first-order chi connectivity index (χ1) is 9.04. The number of aryl methyl sites for hydroxylation is 2. The topological polar surface area (TPSA) is 35.5 Å². The Morgan fingerprint density at radius 3 is 2.47 bits per heavy atom. The largest absolute Gasteiger partial charge is 0.496 e. The van der Waals surface area contributed by atoms with E-state index in [0.29, 0.717) is 17.9 Å². The van der Waals surface area contributed by atoms with Gasteiger partial charge in [-0.3, -0.25) is 4.79 Å². The fourth-order valence-corrected chi connectivity index (χ4v) is 2.32. The fourth-order valence-electron chi connectivity index (χ4n) is 2.32. The van der Waals surface area contributed by atoms with Crippen LogP contribution in [0.1, 0.15) is 48.2 Å².